The number of hydrogen-bond acceptors (Lipinski definition) is 5. The molecule has 8 heteroatoms. The van der Waals surface area contributed by atoms with Gasteiger partial charge in [-0.05, 0) is 25.0 Å². The van der Waals surface area contributed by atoms with Gasteiger partial charge in [-0.2, -0.15) is 13.2 Å². The van der Waals surface area contributed by atoms with E-state index < -0.39 is 18.0 Å². The van der Waals surface area contributed by atoms with E-state index in [2.05, 4.69) is 20.3 Å². The molecule has 1 saturated carbocycles. The predicted octanol–water partition coefficient (Wildman–Crippen LogP) is 3.13. The molecule has 1 aliphatic carbocycles. The highest BCUT2D eigenvalue weighted by molar-refractivity contribution is 5.57. The second-order valence-corrected chi connectivity index (χ2v) is 5.83. The molecule has 0 spiro atoms. The van der Waals surface area contributed by atoms with E-state index in [1.54, 1.807) is 12.1 Å². The van der Waals surface area contributed by atoms with E-state index in [-0.39, 0.29) is 17.6 Å². The van der Waals surface area contributed by atoms with E-state index in [0.29, 0.717) is 12.1 Å². The lowest BCUT2D eigenvalue weighted by Crippen LogP contribution is -2.22. The highest BCUT2D eigenvalue weighted by atomic mass is 19.4. The van der Waals surface area contributed by atoms with Gasteiger partial charge in [-0.15, -0.1) is 0 Å². The van der Waals surface area contributed by atoms with E-state index in [0.717, 1.165) is 25.3 Å². The molecule has 128 valence electrons. The molecular weight excluding hydrogens is 321 g/mol. The molecule has 5 nitrogen and oxygen atoms in total. The Balaban J connectivity index is 1.87. The van der Waals surface area contributed by atoms with Crippen molar-refractivity contribution in [3.05, 3.63) is 36.3 Å². The third-order valence-corrected chi connectivity index (χ3v) is 4.12. The van der Waals surface area contributed by atoms with E-state index in [4.69, 9.17) is 0 Å². The molecule has 2 aromatic rings. The SMILES string of the molecule is OC1CCCC1CNc1cc(C(F)(F)F)nc(-c2ccncc2)n1. The number of halogens is 3. The summed E-state index contributed by atoms with van der Waals surface area (Å²) in [7, 11) is 0. The third-order valence-electron chi connectivity index (χ3n) is 4.12. The molecule has 2 atom stereocenters. The molecule has 0 aliphatic heterocycles. The molecule has 0 bridgehead atoms. The number of aliphatic hydroxyl groups excluding tert-OH is 1. The zero-order valence-corrected chi connectivity index (χ0v) is 12.8. The first-order valence-electron chi connectivity index (χ1n) is 7.72. The van der Waals surface area contributed by atoms with E-state index >= 15 is 0 Å². The van der Waals surface area contributed by atoms with Gasteiger partial charge in [0.25, 0.3) is 0 Å². The zero-order valence-electron chi connectivity index (χ0n) is 12.8. The molecule has 2 unspecified atom stereocenters. The van der Waals surface area contributed by atoms with Crippen LogP contribution < -0.4 is 5.32 Å². The van der Waals surface area contributed by atoms with E-state index in [9.17, 15) is 18.3 Å². The quantitative estimate of drug-likeness (QED) is 0.896. The third kappa shape index (κ3) is 3.81. The van der Waals surface area contributed by atoms with Crippen LogP contribution in [0, 0.1) is 5.92 Å². The van der Waals surface area contributed by atoms with Crippen LogP contribution in [0.15, 0.2) is 30.6 Å². The Labute approximate surface area is 137 Å². The Morgan fingerprint density at radius 2 is 1.92 bits per heavy atom. The highest BCUT2D eigenvalue weighted by Crippen LogP contribution is 2.31. The summed E-state index contributed by atoms with van der Waals surface area (Å²) < 4.78 is 39.3. The Kier molecular flexibility index (Phi) is 4.66. The maximum atomic E-state index is 13.1. The fraction of sp³-hybridized carbons (Fsp3) is 0.438. The minimum Gasteiger partial charge on any atom is -0.393 e. The van der Waals surface area contributed by atoms with Crippen molar-refractivity contribution in [1.29, 1.82) is 0 Å². The van der Waals surface area contributed by atoms with Crippen LogP contribution in [0.25, 0.3) is 11.4 Å². The van der Waals surface area contributed by atoms with Gasteiger partial charge in [-0.1, -0.05) is 6.42 Å². The van der Waals surface area contributed by atoms with Crippen molar-refractivity contribution >= 4 is 5.82 Å². The van der Waals surface area contributed by atoms with Gasteiger partial charge >= 0.3 is 6.18 Å². The van der Waals surface area contributed by atoms with Crippen molar-refractivity contribution in [1.82, 2.24) is 15.0 Å². The summed E-state index contributed by atoms with van der Waals surface area (Å²) in [4.78, 5) is 11.6. The molecule has 1 fully saturated rings. The highest BCUT2D eigenvalue weighted by Gasteiger charge is 2.34. The van der Waals surface area contributed by atoms with Crippen molar-refractivity contribution in [2.75, 3.05) is 11.9 Å². The second-order valence-electron chi connectivity index (χ2n) is 5.83. The van der Waals surface area contributed by atoms with Crippen LogP contribution in [0.4, 0.5) is 19.0 Å². The average molecular weight is 338 g/mol. The van der Waals surface area contributed by atoms with Crippen LogP contribution >= 0.6 is 0 Å². The van der Waals surface area contributed by atoms with Crippen molar-refractivity contribution < 1.29 is 18.3 Å². The van der Waals surface area contributed by atoms with Gasteiger partial charge in [-0.25, -0.2) is 9.97 Å². The lowest BCUT2D eigenvalue weighted by Gasteiger charge is -2.17. The lowest BCUT2D eigenvalue weighted by atomic mass is 10.1. The van der Waals surface area contributed by atoms with Crippen molar-refractivity contribution in [2.45, 2.75) is 31.5 Å². The molecule has 0 aromatic carbocycles. The maximum Gasteiger partial charge on any atom is 0.433 e. The molecule has 3 rings (SSSR count). The molecule has 2 heterocycles. The first-order chi connectivity index (χ1) is 11.4. The van der Waals surface area contributed by atoms with Crippen molar-refractivity contribution in [3.63, 3.8) is 0 Å². The second kappa shape index (κ2) is 6.72. The molecule has 0 radical (unpaired) electrons. The Bertz CT molecular complexity index is 693. The van der Waals surface area contributed by atoms with E-state index in [1.807, 2.05) is 0 Å². The fourth-order valence-corrected chi connectivity index (χ4v) is 2.80. The molecule has 0 saturated heterocycles. The largest absolute Gasteiger partial charge is 0.433 e. The topological polar surface area (TPSA) is 70.9 Å². The summed E-state index contributed by atoms with van der Waals surface area (Å²) in [5, 5.41) is 12.7. The maximum absolute atomic E-state index is 13.1. The molecule has 1 aliphatic rings. The summed E-state index contributed by atoms with van der Waals surface area (Å²) in [6, 6.07) is 4.01. The van der Waals surface area contributed by atoms with Crippen molar-refractivity contribution in [3.8, 4) is 11.4 Å². The first kappa shape index (κ1) is 16.6. The summed E-state index contributed by atoms with van der Waals surface area (Å²) in [5.74, 6) is 0.114. The monoisotopic (exact) mass is 338 g/mol. The molecule has 24 heavy (non-hydrogen) atoms. The minimum absolute atomic E-state index is 0.0123. The number of nitrogens with zero attached hydrogens (tertiary/aromatic N) is 3. The first-order valence-corrected chi connectivity index (χ1v) is 7.72. The normalized spacial score (nSPS) is 21.0. The number of pyridine rings is 1. The minimum atomic E-state index is -4.56. The number of rotatable bonds is 4. The number of anilines is 1. The van der Waals surface area contributed by atoms with Crippen LogP contribution in [-0.4, -0.2) is 32.7 Å². The molecule has 2 N–H and O–H groups in total. The van der Waals surface area contributed by atoms with E-state index in [1.165, 1.54) is 12.4 Å². The lowest BCUT2D eigenvalue weighted by molar-refractivity contribution is -0.141. The fourth-order valence-electron chi connectivity index (χ4n) is 2.80. The van der Waals surface area contributed by atoms with Gasteiger partial charge in [0.1, 0.15) is 5.82 Å². The van der Waals surface area contributed by atoms with Crippen LogP contribution in [0.1, 0.15) is 25.0 Å². The number of nitrogens with one attached hydrogen (secondary N) is 1. The predicted molar refractivity (Wildman–Crippen MR) is 82.1 cm³/mol. The smallest absolute Gasteiger partial charge is 0.393 e. The molecular formula is C16H17F3N4O. The van der Waals surface area contributed by atoms with Crippen LogP contribution in [-0.2, 0) is 6.18 Å². The van der Waals surface area contributed by atoms with Gasteiger partial charge in [0.05, 0.1) is 6.10 Å². The van der Waals surface area contributed by atoms with Gasteiger partial charge in [0, 0.05) is 36.5 Å². The molecule has 2 aromatic heterocycles. The standard InChI is InChI=1S/C16H17F3N4O/c17-16(18,19)13-8-14(21-9-11-2-1-3-12(11)24)23-15(22-13)10-4-6-20-7-5-10/h4-8,11-12,24H,1-3,9H2,(H,21,22,23). The Morgan fingerprint density at radius 1 is 1.17 bits per heavy atom. The van der Waals surface area contributed by atoms with Crippen molar-refractivity contribution in [2.24, 2.45) is 5.92 Å². The number of hydrogen-bond donors (Lipinski definition) is 2. The summed E-state index contributed by atoms with van der Waals surface area (Å²) >= 11 is 0. The Hall–Kier alpha value is -2.22. The van der Waals surface area contributed by atoms with Gasteiger partial charge in [0.15, 0.2) is 11.5 Å². The summed E-state index contributed by atoms with van der Waals surface area (Å²) in [5.41, 5.74) is -0.543. The van der Waals surface area contributed by atoms with Crippen LogP contribution in [0.5, 0.6) is 0 Å². The van der Waals surface area contributed by atoms with Crippen LogP contribution in [0.2, 0.25) is 0 Å². The summed E-state index contributed by atoms with van der Waals surface area (Å²) in [6.45, 7) is 0.380. The van der Waals surface area contributed by atoms with Gasteiger partial charge in [-0.3, -0.25) is 4.98 Å². The zero-order chi connectivity index (χ0) is 17.2. The number of aliphatic hydroxyl groups is 1. The number of aromatic nitrogens is 3. The molecule has 0 amide bonds. The summed E-state index contributed by atoms with van der Waals surface area (Å²) in [6.07, 6.45) is 0.471. The number of alkyl halides is 3. The Morgan fingerprint density at radius 3 is 2.54 bits per heavy atom. The average Bonchev–Trinajstić information content (AvgIpc) is 2.98. The van der Waals surface area contributed by atoms with Gasteiger partial charge < -0.3 is 10.4 Å². The van der Waals surface area contributed by atoms with Crippen LogP contribution in [0.3, 0.4) is 0 Å². The van der Waals surface area contributed by atoms with Gasteiger partial charge in [0.2, 0.25) is 0 Å².